The van der Waals surface area contributed by atoms with Crippen molar-refractivity contribution in [2.75, 3.05) is 6.54 Å². The molecule has 2 nitrogen and oxygen atoms in total. The third-order valence-corrected chi connectivity index (χ3v) is 3.21. The Labute approximate surface area is 102 Å². The molecule has 2 N–H and O–H groups in total. The molecule has 0 aliphatic heterocycles. The van der Waals surface area contributed by atoms with Gasteiger partial charge >= 0.3 is 0 Å². The summed E-state index contributed by atoms with van der Waals surface area (Å²) in [6.07, 6.45) is 2.26. The average molecular weight is 240 g/mol. The minimum atomic E-state index is -0.298. The Bertz CT molecular complexity index is 332. The molecule has 1 aliphatic rings. The summed E-state index contributed by atoms with van der Waals surface area (Å²) in [4.78, 5) is 0. The van der Waals surface area contributed by atoms with E-state index in [-0.39, 0.29) is 6.10 Å². The lowest BCUT2D eigenvalue weighted by Gasteiger charge is -2.19. The number of benzene rings is 1. The fourth-order valence-corrected chi connectivity index (χ4v) is 2.08. The first kappa shape index (κ1) is 11.9. The molecule has 1 aromatic rings. The monoisotopic (exact) mass is 239 g/mol. The quantitative estimate of drug-likeness (QED) is 0.828. The van der Waals surface area contributed by atoms with Crippen LogP contribution in [0.1, 0.15) is 31.4 Å². The number of aliphatic hydroxyl groups excluding tert-OH is 1. The Kier molecular flexibility index (Phi) is 3.85. The Morgan fingerprint density at radius 2 is 2.00 bits per heavy atom. The summed E-state index contributed by atoms with van der Waals surface area (Å²) < 4.78 is 0. The van der Waals surface area contributed by atoms with E-state index in [0.29, 0.717) is 12.6 Å². The number of rotatable bonds is 5. The molecule has 88 valence electrons. The minimum Gasteiger partial charge on any atom is -0.392 e. The number of nitrogens with one attached hydrogen (secondary N) is 1. The third-order valence-electron chi connectivity index (χ3n) is 2.96. The van der Waals surface area contributed by atoms with Crippen molar-refractivity contribution < 1.29 is 5.11 Å². The van der Waals surface area contributed by atoms with Gasteiger partial charge in [-0.2, -0.15) is 0 Å². The molecule has 0 saturated heterocycles. The van der Waals surface area contributed by atoms with Gasteiger partial charge in [0.05, 0.1) is 6.10 Å². The summed E-state index contributed by atoms with van der Waals surface area (Å²) in [6.45, 7) is 2.45. The number of hydrogen-bond donors (Lipinski definition) is 2. The van der Waals surface area contributed by atoms with Gasteiger partial charge < -0.3 is 10.4 Å². The van der Waals surface area contributed by atoms with E-state index in [1.165, 1.54) is 18.4 Å². The van der Waals surface area contributed by atoms with Crippen molar-refractivity contribution in [1.82, 2.24) is 5.32 Å². The number of hydrogen-bond acceptors (Lipinski definition) is 2. The van der Waals surface area contributed by atoms with Crippen LogP contribution < -0.4 is 5.32 Å². The van der Waals surface area contributed by atoms with E-state index in [2.05, 4.69) is 17.4 Å². The smallest absolute Gasteiger partial charge is 0.0636 e. The third kappa shape index (κ3) is 3.21. The van der Waals surface area contributed by atoms with Crippen molar-refractivity contribution in [3.8, 4) is 0 Å². The first-order valence-corrected chi connectivity index (χ1v) is 6.21. The normalized spacial score (nSPS) is 19.4. The Hall–Kier alpha value is -0.570. The zero-order chi connectivity index (χ0) is 11.5. The van der Waals surface area contributed by atoms with E-state index in [1.807, 2.05) is 12.1 Å². The van der Waals surface area contributed by atoms with Crippen LogP contribution in [-0.4, -0.2) is 17.8 Å². The van der Waals surface area contributed by atoms with E-state index in [1.54, 1.807) is 6.92 Å². The standard InChI is InChI=1S/C13H18ClNO/c1-9(16)8-15-13(10-2-3-10)11-4-6-12(14)7-5-11/h4-7,9-10,13,15-16H,2-3,8H2,1H3. The topological polar surface area (TPSA) is 32.3 Å². The maximum atomic E-state index is 9.31. The van der Waals surface area contributed by atoms with Crippen LogP contribution in [-0.2, 0) is 0 Å². The Morgan fingerprint density at radius 3 is 2.50 bits per heavy atom. The van der Waals surface area contributed by atoms with Gasteiger partial charge in [-0.05, 0) is 43.4 Å². The second kappa shape index (κ2) is 5.17. The molecule has 3 heteroatoms. The van der Waals surface area contributed by atoms with Gasteiger partial charge in [0.25, 0.3) is 0 Å². The summed E-state index contributed by atoms with van der Waals surface area (Å²) in [6, 6.07) is 8.36. The van der Waals surface area contributed by atoms with Crippen LogP contribution >= 0.6 is 11.6 Å². The van der Waals surface area contributed by atoms with Gasteiger partial charge in [0.2, 0.25) is 0 Å². The molecule has 1 fully saturated rings. The Morgan fingerprint density at radius 1 is 1.38 bits per heavy atom. The SMILES string of the molecule is CC(O)CNC(c1ccc(Cl)cc1)C1CC1. The van der Waals surface area contributed by atoms with Gasteiger partial charge in [0.15, 0.2) is 0 Å². The van der Waals surface area contributed by atoms with Crippen molar-refractivity contribution >= 4 is 11.6 Å². The molecular formula is C13H18ClNO. The number of halogens is 1. The van der Waals surface area contributed by atoms with Crippen molar-refractivity contribution in [3.05, 3.63) is 34.9 Å². The molecule has 0 spiro atoms. The van der Waals surface area contributed by atoms with Gasteiger partial charge in [0, 0.05) is 17.6 Å². The molecular weight excluding hydrogens is 222 g/mol. The van der Waals surface area contributed by atoms with E-state index < -0.39 is 0 Å². The second-order valence-electron chi connectivity index (χ2n) is 4.62. The maximum absolute atomic E-state index is 9.31. The zero-order valence-corrected chi connectivity index (χ0v) is 10.2. The lowest BCUT2D eigenvalue weighted by atomic mass is 10.0. The summed E-state index contributed by atoms with van der Waals surface area (Å²) in [7, 11) is 0. The van der Waals surface area contributed by atoms with Crippen LogP contribution in [0, 0.1) is 5.92 Å². The van der Waals surface area contributed by atoms with Gasteiger partial charge in [-0.1, -0.05) is 23.7 Å². The predicted octanol–water partition coefficient (Wildman–Crippen LogP) is 2.76. The molecule has 0 bridgehead atoms. The highest BCUT2D eigenvalue weighted by Crippen LogP contribution is 2.41. The van der Waals surface area contributed by atoms with Crippen molar-refractivity contribution in [3.63, 3.8) is 0 Å². The van der Waals surface area contributed by atoms with Crippen LogP contribution in [0.25, 0.3) is 0 Å². The van der Waals surface area contributed by atoms with E-state index in [9.17, 15) is 5.11 Å². The van der Waals surface area contributed by atoms with Crippen molar-refractivity contribution in [2.45, 2.75) is 31.9 Å². The van der Waals surface area contributed by atoms with Crippen LogP contribution in [0.3, 0.4) is 0 Å². The molecule has 16 heavy (non-hydrogen) atoms. The fraction of sp³-hybridized carbons (Fsp3) is 0.538. The zero-order valence-electron chi connectivity index (χ0n) is 9.49. The van der Waals surface area contributed by atoms with Crippen LogP contribution in [0.5, 0.6) is 0 Å². The molecule has 0 radical (unpaired) electrons. The van der Waals surface area contributed by atoms with Crippen LogP contribution in [0.15, 0.2) is 24.3 Å². The van der Waals surface area contributed by atoms with Crippen LogP contribution in [0.2, 0.25) is 5.02 Å². The van der Waals surface area contributed by atoms with Crippen molar-refractivity contribution in [2.24, 2.45) is 5.92 Å². The van der Waals surface area contributed by atoms with Gasteiger partial charge in [0.1, 0.15) is 0 Å². The molecule has 1 aliphatic carbocycles. The molecule has 0 amide bonds. The molecule has 0 heterocycles. The summed E-state index contributed by atoms with van der Waals surface area (Å²) in [5.41, 5.74) is 1.27. The number of aliphatic hydroxyl groups is 1. The highest BCUT2D eigenvalue weighted by molar-refractivity contribution is 6.30. The lowest BCUT2D eigenvalue weighted by molar-refractivity contribution is 0.184. The highest BCUT2D eigenvalue weighted by atomic mass is 35.5. The minimum absolute atomic E-state index is 0.298. The van der Waals surface area contributed by atoms with Crippen LogP contribution in [0.4, 0.5) is 0 Å². The van der Waals surface area contributed by atoms with E-state index in [4.69, 9.17) is 11.6 Å². The largest absolute Gasteiger partial charge is 0.392 e. The molecule has 1 saturated carbocycles. The van der Waals surface area contributed by atoms with Crippen molar-refractivity contribution in [1.29, 1.82) is 0 Å². The van der Waals surface area contributed by atoms with Gasteiger partial charge in [-0.25, -0.2) is 0 Å². The van der Waals surface area contributed by atoms with E-state index >= 15 is 0 Å². The van der Waals surface area contributed by atoms with Gasteiger partial charge in [-0.3, -0.25) is 0 Å². The Balaban J connectivity index is 2.03. The van der Waals surface area contributed by atoms with E-state index in [0.717, 1.165) is 10.9 Å². The predicted molar refractivity (Wildman–Crippen MR) is 66.6 cm³/mol. The summed E-state index contributed by atoms with van der Waals surface area (Å²) in [5, 5.41) is 13.5. The summed E-state index contributed by atoms with van der Waals surface area (Å²) >= 11 is 5.88. The lowest BCUT2D eigenvalue weighted by Crippen LogP contribution is -2.29. The molecule has 2 atom stereocenters. The average Bonchev–Trinajstić information content (AvgIpc) is 3.04. The molecule has 2 rings (SSSR count). The summed E-state index contributed by atoms with van der Waals surface area (Å²) in [5.74, 6) is 0.722. The second-order valence-corrected chi connectivity index (χ2v) is 5.06. The van der Waals surface area contributed by atoms with Gasteiger partial charge in [-0.15, -0.1) is 0 Å². The molecule has 2 unspecified atom stereocenters. The molecule has 1 aromatic carbocycles. The molecule has 0 aromatic heterocycles. The first-order valence-electron chi connectivity index (χ1n) is 5.83. The fourth-order valence-electron chi connectivity index (χ4n) is 1.95. The maximum Gasteiger partial charge on any atom is 0.0636 e. The highest BCUT2D eigenvalue weighted by Gasteiger charge is 2.31. The first-order chi connectivity index (χ1) is 7.66.